The number of aromatic nitrogens is 1. The van der Waals surface area contributed by atoms with Gasteiger partial charge in [0.15, 0.2) is 0 Å². The highest BCUT2D eigenvalue weighted by molar-refractivity contribution is 6.52. The van der Waals surface area contributed by atoms with Gasteiger partial charge in [0, 0.05) is 17.3 Å². The Kier molecular flexibility index (Phi) is 4.07. The maximum absolute atomic E-state index is 5.93. The molecule has 2 heterocycles. The molecule has 3 nitrogen and oxygen atoms in total. The van der Waals surface area contributed by atoms with Crippen LogP contribution in [0.2, 0.25) is 0 Å². The molecule has 0 saturated carbocycles. The van der Waals surface area contributed by atoms with Gasteiger partial charge in [0.1, 0.15) is 0 Å². The second kappa shape index (κ2) is 5.26. The molecule has 1 aromatic heterocycles. The molecule has 0 bridgehead atoms. The first-order valence-corrected chi connectivity index (χ1v) is 7.52. The molecule has 1 aromatic rings. The average Bonchev–Trinajstić information content (AvgIpc) is 2.55. The number of pyridine rings is 1. The smallest absolute Gasteiger partial charge is 0.400 e. The van der Waals surface area contributed by atoms with Gasteiger partial charge in [-0.15, -0.1) is 0 Å². The average molecular weight is 287 g/mol. The lowest BCUT2D eigenvalue weighted by Gasteiger charge is -2.32. The summed E-state index contributed by atoms with van der Waals surface area (Å²) in [6.07, 6.45) is 3.89. The monoisotopic (exact) mass is 287 g/mol. The number of rotatable bonds is 2. The highest BCUT2D eigenvalue weighted by atomic mass is 16.7. The predicted octanol–water partition coefficient (Wildman–Crippen LogP) is 4.02. The van der Waals surface area contributed by atoms with Crippen LogP contribution in [0.15, 0.2) is 24.3 Å². The first-order valence-electron chi connectivity index (χ1n) is 7.52. The van der Waals surface area contributed by atoms with E-state index < -0.39 is 0 Å². The third-order valence-electron chi connectivity index (χ3n) is 4.27. The summed E-state index contributed by atoms with van der Waals surface area (Å²) in [5, 5.41) is 0. The van der Waals surface area contributed by atoms with E-state index in [0.29, 0.717) is 0 Å². The highest BCUT2D eigenvalue weighted by Crippen LogP contribution is 2.37. The van der Waals surface area contributed by atoms with Crippen LogP contribution in [0.5, 0.6) is 0 Å². The molecule has 0 radical (unpaired) electrons. The van der Waals surface area contributed by atoms with Gasteiger partial charge in [0.05, 0.1) is 11.2 Å². The Morgan fingerprint density at radius 2 is 1.62 bits per heavy atom. The van der Waals surface area contributed by atoms with E-state index in [1.54, 1.807) is 0 Å². The first-order chi connectivity index (χ1) is 9.51. The van der Waals surface area contributed by atoms with E-state index in [2.05, 4.69) is 65.6 Å². The van der Waals surface area contributed by atoms with Gasteiger partial charge >= 0.3 is 7.12 Å². The molecule has 1 fully saturated rings. The van der Waals surface area contributed by atoms with Gasteiger partial charge in [0.2, 0.25) is 0 Å². The van der Waals surface area contributed by atoms with Crippen LogP contribution in [0.25, 0.3) is 6.08 Å². The van der Waals surface area contributed by atoms with Crippen molar-refractivity contribution in [3.63, 3.8) is 0 Å². The molecular weight excluding hydrogens is 261 g/mol. The SMILES string of the molecule is CC(C)(C)c1ccc(/C=C/B2OC(C)(C)C(C)(C)O2)cn1. The minimum Gasteiger partial charge on any atom is -0.400 e. The van der Waals surface area contributed by atoms with Crippen molar-refractivity contribution in [3.8, 4) is 0 Å². The molecular formula is C17H26BNO2. The quantitative estimate of drug-likeness (QED) is 0.770. The van der Waals surface area contributed by atoms with E-state index in [1.807, 2.05) is 18.2 Å². The van der Waals surface area contributed by atoms with Gasteiger partial charge in [-0.25, -0.2) is 0 Å². The molecule has 1 aliphatic heterocycles. The second-order valence-corrected chi connectivity index (χ2v) is 7.71. The summed E-state index contributed by atoms with van der Waals surface area (Å²) >= 11 is 0. The van der Waals surface area contributed by atoms with Gasteiger partial charge in [-0.1, -0.05) is 38.9 Å². The number of nitrogens with zero attached hydrogens (tertiary/aromatic N) is 1. The third-order valence-corrected chi connectivity index (χ3v) is 4.27. The summed E-state index contributed by atoms with van der Waals surface area (Å²) in [5.41, 5.74) is 1.63. The fourth-order valence-corrected chi connectivity index (χ4v) is 2.10. The molecule has 0 amide bonds. The summed E-state index contributed by atoms with van der Waals surface area (Å²) < 4.78 is 11.9. The second-order valence-electron chi connectivity index (χ2n) is 7.71. The zero-order valence-electron chi connectivity index (χ0n) is 14.2. The van der Waals surface area contributed by atoms with Gasteiger partial charge in [-0.3, -0.25) is 4.98 Å². The Bertz CT molecular complexity index is 511. The van der Waals surface area contributed by atoms with Crippen LogP contribution in [0.3, 0.4) is 0 Å². The Labute approximate surface area is 128 Å². The van der Waals surface area contributed by atoms with Gasteiger partial charge in [-0.2, -0.15) is 0 Å². The maximum atomic E-state index is 5.93. The molecule has 0 aliphatic carbocycles. The van der Waals surface area contributed by atoms with Crippen molar-refractivity contribution in [1.29, 1.82) is 0 Å². The molecule has 1 saturated heterocycles. The van der Waals surface area contributed by atoms with Crippen molar-refractivity contribution in [2.24, 2.45) is 0 Å². The summed E-state index contributed by atoms with van der Waals surface area (Å²) in [7, 11) is -0.308. The Balaban J connectivity index is 2.06. The van der Waals surface area contributed by atoms with Crippen LogP contribution in [-0.4, -0.2) is 23.3 Å². The Hall–Kier alpha value is -1.13. The fraction of sp³-hybridized carbons (Fsp3) is 0.588. The van der Waals surface area contributed by atoms with Crippen molar-refractivity contribution in [3.05, 3.63) is 35.6 Å². The molecule has 2 rings (SSSR count). The van der Waals surface area contributed by atoms with Gasteiger partial charge in [0.25, 0.3) is 0 Å². The summed E-state index contributed by atoms with van der Waals surface area (Å²) in [4.78, 5) is 4.52. The molecule has 21 heavy (non-hydrogen) atoms. The van der Waals surface area contributed by atoms with E-state index >= 15 is 0 Å². The highest BCUT2D eigenvalue weighted by Gasteiger charge is 2.49. The largest absolute Gasteiger partial charge is 0.487 e. The molecule has 114 valence electrons. The molecule has 1 aliphatic rings. The van der Waals surface area contributed by atoms with Crippen molar-refractivity contribution in [2.45, 2.75) is 65.1 Å². The molecule has 0 aromatic carbocycles. The minimum atomic E-state index is -0.308. The summed E-state index contributed by atoms with van der Waals surface area (Å²) in [5.74, 6) is 1.95. The lowest BCUT2D eigenvalue weighted by Crippen LogP contribution is -2.41. The van der Waals surface area contributed by atoms with Crippen LogP contribution in [0.4, 0.5) is 0 Å². The van der Waals surface area contributed by atoms with E-state index in [-0.39, 0.29) is 23.7 Å². The van der Waals surface area contributed by atoms with E-state index in [9.17, 15) is 0 Å². The van der Waals surface area contributed by atoms with E-state index in [0.717, 1.165) is 11.3 Å². The molecule has 0 spiro atoms. The van der Waals surface area contributed by atoms with Gasteiger partial charge < -0.3 is 9.31 Å². The van der Waals surface area contributed by atoms with Crippen LogP contribution < -0.4 is 0 Å². The molecule has 4 heteroatoms. The topological polar surface area (TPSA) is 31.4 Å². The first kappa shape index (κ1) is 16.2. The van der Waals surface area contributed by atoms with Crippen molar-refractivity contribution in [1.82, 2.24) is 4.98 Å². The van der Waals surface area contributed by atoms with Crippen LogP contribution in [-0.2, 0) is 14.7 Å². The van der Waals surface area contributed by atoms with Crippen molar-refractivity contribution < 1.29 is 9.31 Å². The molecule has 0 atom stereocenters. The van der Waals surface area contributed by atoms with Crippen LogP contribution in [0, 0.1) is 0 Å². The predicted molar refractivity (Wildman–Crippen MR) is 88.1 cm³/mol. The number of hydrogen-bond donors (Lipinski definition) is 0. The third kappa shape index (κ3) is 3.56. The minimum absolute atomic E-state index is 0.0773. The van der Waals surface area contributed by atoms with Crippen molar-refractivity contribution >= 4 is 13.2 Å². The Morgan fingerprint density at radius 3 is 2.05 bits per heavy atom. The van der Waals surface area contributed by atoms with E-state index in [1.165, 1.54) is 0 Å². The fourth-order valence-electron chi connectivity index (χ4n) is 2.10. The van der Waals surface area contributed by atoms with Crippen LogP contribution >= 0.6 is 0 Å². The zero-order valence-corrected chi connectivity index (χ0v) is 14.2. The summed E-state index contributed by atoms with van der Waals surface area (Å²) in [6, 6.07) is 4.15. The van der Waals surface area contributed by atoms with E-state index in [4.69, 9.17) is 9.31 Å². The number of hydrogen-bond acceptors (Lipinski definition) is 3. The van der Waals surface area contributed by atoms with Crippen LogP contribution in [0.1, 0.15) is 59.7 Å². The lowest BCUT2D eigenvalue weighted by molar-refractivity contribution is 0.00578. The normalized spacial score (nSPS) is 21.2. The van der Waals surface area contributed by atoms with Gasteiger partial charge in [-0.05, 0) is 39.3 Å². The summed E-state index contributed by atoms with van der Waals surface area (Å²) in [6.45, 7) is 14.7. The van der Waals surface area contributed by atoms with Crippen molar-refractivity contribution in [2.75, 3.05) is 0 Å². The standard InChI is InChI=1S/C17H26BNO2/c1-15(2,3)14-9-8-13(12-19-14)10-11-18-20-16(4,5)17(6,7)21-18/h8-12H,1-7H3/b11-10+. The molecule has 0 unspecified atom stereocenters. The maximum Gasteiger partial charge on any atom is 0.487 e. The Morgan fingerprint density at radius 1 is 1.05 bits per heavy atom. The lowest BCUT2D eigenvalue weighted by atomic mass is 9.88. The molecule has 0 N–H and O–H groups in total. The zero-order chi connectivity index (χ0) is 15.9.